The molecule has 5 nitrogen and oxygen atoms in total. The van der Waals surface area contributed by atoms with Gasteiger partial charge in [-0.25, -0.2) is 0 Å². The maximum atomic E-state index is 12.3. The van der Waals surface area contributed by atoms with Gasteiger partial charge in [-0.1, -0.05) is 0 Å². The fraction of sp³-hybridized carbons (Fsp3) is 0.588. The molecule has 1 unspecified atom stereocenters. The van der Waals surface area contributed by atoms with Crippen LogP contribution in [0.2, 0.25) is 0 Å². The molecule has 0 spiro atoms. The summed E-state index contributed by atoms with van der Waals surface area (Å²) in [4.78, 5) is 12.3. The Labute approximate surface area is 143 Å². The van der Waals surface area contributed by atoms with E-state index in [0.717, 1.165) is 36.3 Å². The maximum Gasteiger partial charge on any atom is 0.241 e. The number of rotatable bonds is 3. The van der Waals surface area contributed by atoms with Crippen LogP contribution in [-0.4, -0.2) is 30.8 Å². The summed E-state index contributed by atoms with van der Waals surface area (Å²) in [6.07, 6.45) is 2.54. The second kappa shape index (κ2) is 7.07. The maximum absolute atomic E-state index is 12.3. The highest BCUT2D eigenvalue weighted by molar-refractivity contribution is 5.95. The molecule has 3 rings (SSSR count). The SMILES string of the molecule is CC1(C)Cc2cc(NC(=O)C(N)C3CCOCC3)ccc2O1.Cl. The van der Waals surface area contributed by atoms with Crippen molar-refractivity contribution in [2.45, 2.75) is 44.8 Å². The summed E-state index contributed by atoms with van der Waals surface area (Å²) in [5.41, 5.74) is 7.84. The van der Waals surface area contributed by atoms with E-state index >= 15 is 0 Å². The van der Waals surface area contributed by atoms with Crippen molar-refractivity contribution in [1.82, 2.24) is 0 Å². The van der Waals surface area contributed by atoms with Gasteiger partial charge >= 0.3 is 0 Å². The van der Waals surface area contributed by atoms with Crippen LogP contribution in [0.15, 0.2) is 18.2 Å². The molecular weight excluding hydrogens is 316 g/mol. The second-order valence-electron chi connectivity index (χ2n) is 6.83. The zero-order chi connectivity index (χ0) is 15.7. The summed E-state index contributed by atoms with van der Waals surface area (Å²) in [6, 6.07) is 5.29. The Morgan fingerprint density at radius 3 is 2.74 bits per heavy atom. The minimum atomic E-state index is -0.482. The third-order valence-corrected chi connectivity index (χ3v) is 4.41. The molecule has 0 bridgehead atoms. The molecule has 1 amide bonds. The topological polar surface area (TPSA) is 73.6 Å². The van der Waals surface area contributed by atoms with Gasteiger partial charge in [-0.15, -0.1) is 12.4 Å². The van der Waals surface area contributed by atoms with E-state index < -0.39 is 6.04 Å². The third kappa shape index (κ3) is 4.16. The molecule has 0 radical (unpaired) electrons. The van der Waals surface area contributed by atoms with Gasteiger partial charge in [0.05, 0.1) is 6.04 Å². The minimum absolute atomic E-state index is 0. The molecule has 1 aromatic carbocycles. The van der Waals surface area contributed by atoms with Crippen LogP contribution in [0.1, 0.15) is 32.3 Å². The van der Waals surface area contributed by atoms with Crippen LogP contribution in [0.25, 0.3) is 0 Å². The Kier molecular flexibility index (Phi) is 5.55. The molecule has 2 aliphatic heterocycles. The number of carbonyl (C=O) groups excluding carboxylic acids is 1. The predicted octanol–water partition coefficient (Wildman–Crippen LogP) is 2.51. The van der Waals surface area contributed by atoms with Crippen LogP contribution in [0.4, 0.5) is 5.69 Å². The molecule has 3 N–H and O–H groups in total. The quantitative estimate of drug-likeness (QED) is 0.886. The zero-order valence-electron chi connectivity index (χ0n) is 13.6. The van der Waals surface area contributed by atoms with Crippen molar-refractivity contribution in [2.24, 2.45) is 11.7 Å². The van der Waals surface area contributed by atoms with Crippen LogP contribution >= 0.6 is 12.4 Å². The highest BCUT2D eigenvalue weighted by Gasteiger charge is 2.31. The van der Waals surface area contributed by atoms with Gasteiger partial charge in [-0.05, 0) is 50.8 Å². The standard InChI is InChI=1S/C17H24N2O3.ClH/c1-17(2)10-12-9-13(3-4-14(12)22-17)19-16(20)15(18)11-5-7-21-8-6-11;/h3-4,9,11,15H,5-8,10,18H2,1-2H3,(H,19,20);1H. The predicted molar refractivity (Wildman–Crippen MR) is 92.2 cm³/mol. The number of fused-ring (bicyclic) bond motifs is 1. The molecule has 0 aromatic heterocycles. The highest BCUT2D eigenvalue weighted by Crippen LogP contribution is 2.36. The van der Waals surface area contributed by atoms with Gasteiger partial charge in [0, 0.05) is 30.9 Å². The Morgan fingerprint density at radius 2 is 2.04 bits per heavy atom. The Bertz CT molecular complexity index is 571. The van der Waals surface area contributed by atoms with Gasteiger partial charge in [0.25, 0.3) is 0 Å². The molecule has 6 heteroatoms. The number of ether oxygens (including phenoxy) is 2. The molecule has 2 aliphatic rings. The smallest absolute Gasteiger partial charge is 0.241 e. The van der Waals surface area contributed by atoms with Crippen molar-refractivity contribution in [3.63, 3.8) is 0 Å². The first kappa shape index (κ1) is 18.0. The largest absolute Gasteiger partial charge is 0.487 e. The fourth-order valence-corrected chi connectivity index (χ4v) is 3.20. The van der Waals surface area contributed by atoms with Crippen molar-refractivity contribution in [3.8, 4) is 5.75 Å². The van der Waals surface area contributed by atoms with Crippen molar-refractivity contribution < 1.29 is 14.3 Å². The normalized spacial score (nSPS) is 20.8. The Morgan fingerprint density at radius 1 is 1.35 bits per heavy atom. The lowest BCUT2D eigenvalue weighted by Crippen LogP contribution is -2.44. The number of amides is 1. The molecule has 0 saturated carbocycles. The number of halogens is 1. The number of nitrogens with one attached hydrogen (secondary N) is 1. The van der Waals surface area contributed by atoms with Gasteiger partial charge in [-0.3, -0.25) is 4.79 Å². The summed E-state index contributed by atoms with van der Waals surface area (Å²) in [5, 5.41) is 2.94. The molecule has 1 saturated heterocycles. The van der Waals surface area contributed by atoms with Gasteiger partial charge in [0.1, 0.15) is 11.4 Å². The number of benzene rings is 1. The van der Waals surface area contributed by atoms with E-state index in [1.807, 2.05) is 18.2 Å². The number of hydrogen-bond donors (Lipinski definition) is 2. The van der Waals surface area contributed by atoms with Crippen molar-refractivity contribution in [1.29, 1.82) is 0 Å². The molecule has 23 heavy (non-hydrogen) atoms. The van der Waals surface area contributed by atoms with E-state index in [1.165, 1.54) is 0 Å². The van der Waals surface area contributed by atoms with Crippen LogP contribution in [0.5, 0.6) is 5.75 Å². The molecule has 0 aliphatic carbocycles. The van der Waals surface area contributed by atoms with Gasteiger partial charge < -0.3 is 20.5 Å². The van der Waals surface area contributed by atoms with E-state index in [0.29, 0.717) is 13.2 Å². The summed E-state index contributed by atoms with van der Waals surface area (Å²) in [7, 11) is 0. The lowest BCUT2D eigenvalue weighted by atomic mass is 9.92. The number of hydrogen-bond acceptors (Lipinski definition) is 4. The van der Waals surface area contributed by atoms with E-state index in [1.54, 1.807) is 0 Å². The first-order valence-electron chi connectivity index (χ1n) is 7.91. The van der Waals surface area contributed by atoms with E-state index in [4.69, 9.17) is 15.2 Å². The first-order valence-corrected chi connectivity index (χ1v) is 7.91. The first-order chi connectivity index (χ1) is 10.4. The number of carbonyl (C=O) groups is 1. The second-order valence-corrected chi connectivity index (χ2v) is 6.83. The van der Waals surface area contributed by atoms with E-state index in [-0.39, 0.29) is 29.8 Å². The summed E-state index contributed by atoms with van der Waals surface area (Å²) >= 11 is 0. The molecule has 2 heterocycles. The van der Waals surface area contributed by atoms with E-state index in [2.05, 4.69) is 19.2 Å². The average Bonchev–Trinajstić information content (AvgIpc) is 2.80. The summed E-state index contributed by atoms with van der Waals surface area (Å²) in [6.45, 7) is 5.51. The lowest BCUT2D eigenvalue weighted by Gasteiger charge is -2.26. The molecule has 128 valence electrons. The molecule has 1 atom stereocenters. The van der Waals surface area contributed by atoms with E-state index in [9.17, 15) is 4.79 Å². The third-order valence-electron chi connectivity index (χ3n) is 4.41. The monoisotopic (exact) mass is 340 g/mol. The van der Waals surface area contributed by atoms with Gasteiger partial charge in [0.2, 0.25) is 5.91 Å². The van der Waals surface area contributed by atoms with Crippen LogP contribution in [0, 0.1) is 5.92 Å². The van der Waals surface area contributed by atoms with Crippen molar-refractivity contribution in [3.05, 3.63) is 23.8 Å². The zero-order valence-corrected chi connectivity index (χ0v) is 14.4. The van der Waals surface area contributed by atoms with Crippen LogP contribution in [-0.2, 0) is 16.0 Å². The highest BCUT2D eigenvalue weighted by atomic mass is 35.5. The average molecular weight is 341 g/mol. The number of anilines is 1. The van der Waals surface area contributed by atoms with Crippen molar-refractivity contribution >= 4 is 24.0 Å². The summed E-state index contributed by atoms with van der Waals surface area (Å²) in [5.74, 6) is 0.979. The van der Waals surface area contributed by atoms with Crippen LogP contribution in [0.3, 0.4) is 0 Å². The molecule has 1 fully saturated rings. The lowest BCUT2D eigenvalue weighted by molar-refractivity contribution is -0.119. The minimum Gasteiger partial charge on any atom is -0.487 e. The Hall–Kier alpha value is -1.30. The molecular formula is C17H25ClN2O3. The summed E-state index contributed by atoms with van der Waals surface area (Å²) < 4.78 is 11.2. The van der Waals surface area contributed by atoms with Crippen molar-refractivity contribution in [2.75, 3.05) is 18.5 Å². The van der Waals surface area contributed by atoms with Gasteiger partial charge in [-0.2, -0.15) is 0 Å². The number of nitrogens with two attached hydrogens (primary N) is 1. The van der Waals surface area contributed by atoms with Gasteiger partial charge in [0.15, 0.2) is 0 Å². The Balaban J connectivity index is 0.00000192. The molecule has 1 aromatic rings. The van der Waals surface area contributed by atoms with Crippen LogP contribution < -0.4 is 15.8 Å². The fourth-order valence-electron chi connectivity index (χ4n) is 3.20.